The summed E-state index contributed by atoms with van der Waals surface area (Å²) in [6.07, 6.45) is 3.23. The Hall–Kier alpha value is -2.51. The fourth-order valence-corrected chi connectivity index (χ4v) is 1.30. The van der Waals surface area contributed by atoms with E-state index in [-0.39, 0.29) is 18.8 Å². The van der Waals surface area contributed by atoms with Gasteiger partial charge in [-0.1, -0.05) is 0 Å². The summed E-state index contributed by atoms with van der Waals surface area (Å²) < 4.78 is 9.29. The number of amides is 2. The highest BCUT2D eigenvalue weighted by Crippen LogP contribution is 2.04. The molecule has 1 fully saturated rings. The van der Waals surface area contributed by atoms with Crippen molar-refractivity contribution in [2.24, 2.45) is 0 Å². The van der Waals surface area contributed by atoms with Crippen LogP contribution in [-0.2, 0) is 14.3 Å². The Morgan fingerprint density at radius 1 is 1.44 bits per heavy atom. The van der Waals surface area contributed by atoms with E-state index in [1.807, 2.05) is 0 Å². The normalized spacial score (nSPS) is 14.2. The molecule has 0 N–H and O–H groups in total. The first-order valence-electron chi connectivity index (χ1n) is 5.09. The summed E-state index contributed by atoms with van der Waals surface area (Å²) in [5, 5.41) is 0. The third kappa shape index (κ3) is 2.59. The fraction of sp³-hybridized carbons (Fsp3) is 0.300. The third-order valence-electron chi connectivity index (χ3n) is 2.16. The molecule has 1 aromatic rings. The molecule has 1 saturated heterocycles. The number of hydrogen-bond acceptors (Lipinski definition) is 7. The lowest BCUT2D eigenvalue weighted by Crippen LogP contribution is -2.35. The molecule has 0 aliphatic carbocycles. The monoisotopic (exact) mass is 251 g/mol. The van der Waals surface area contributed by atoms with Gasteiger partial charge in [0, 0.05) is 12.4 Å². The molecule has 8 nitrogen and oxygen atoms in total. The highest BCUT2D eigenvalue weighted by molar-refractivity contribution is 5.95. The van der Waals surface area contributed by atoms with Gasteiger partial charge in [-0.05, 0) is 0 Å². The molecule has 94 valence electrons. The number of carbonyl (C=O) groups is 3. The highest BCUT2D eigenvalue weighted by atomic mass is 16.6. The lowest BCUT2D eigenvalue weighted by Gasteiger charge is -2.10. The maximum atomic E-state index is 11.5. The van der Waals surface area contributed by atoms with Gasteiger partial charge in [0.1, 0.15) is 6.61 Å². The largest absolute Gasteiger partial charge is 0.451 e. The summed E-state index contributed by atoms with van der Waals surface area (Å²) in [5.74, 6) is -1.40. The van der Waals surface area contributed by atoms with E-state index in [0.29, 0.717) is 0 Å². The van der Waals surface area contributed by atoms with Crippen LogP contribution in [0.15, 0.2) is 18.6 Å². The number of aromatic nitrogens is 2. The first-order valence-corrected chi connectivity index (χ1v) is 5.09. The molecule has 0 atom stereocenters. The number of ether oxygens (including phenoxy) is 2. The first kappa shape index (κ1) is 12.0. The molecular formula is C10H9N3O5. The van der Waals surface area contributed by atoms with Crippen LogP contribution in [0.25, 0.3) is 0 Å². The third-order valence-corrected chi connectivity index (χ3v) is 2.16. The Labute approximate surface area is 102 Å². The van der Waals surface area contributed by atoms with Gasteiger partial charge < -0.3 is 9.47 Å². The summed E-state index contributed by atoms with van der Waals surface area (Å²) in [4.78, 5) is 42.3. The number of rotatable bonds is 3. The maximum absolute atomic E-state index is 11.5. The van der Waals surface area contributed by atoms with Crippen LogP contribution in [0.5, 0.6) is 0 Å². The van der Waals surface area contributed by atoms with Crippen LogP contribution in [0.4, 0.5) is 4.79 Å². The van der Waals surface area contributed by atoms with E-state index in [1.54, 1.807) is 0 Å². The average molecular weight is 251 g/mol. The van der Waals surface area contributed by atoms with Gasteiger partial charge in [-0.3, -0.25) is 9.78 Å². The van der Waals surface area contributed by atoms with Crippen LogP contribution in [-0.4, -0.2) is 52.6 Å². The van der Waals surface area contributed by atoms with Gasteiger partial charge in [-0.25, -0.2) is 19.5 Å². The van der Waals surface area contributed by atoms with Crippen molar-refractivity contribution in [3.63, 3.8) is 0 Å². The number of cyclic esters (lactones) is 1. The zero-order valence-electron chi connectivity index (χ0n) is 9.24. The van der Waals surface area contributed by atoms with Crippen LogP contribution in [0.3, 0.4) is 0 Å². The Morgan fingerprint density at radius 2 is 2.28 bits per heavy atom. The van der Waals surface area contributed by atoms with E-state index in [2.05, 4.69) is 14.7 Å². The number of imide groups is 1. The maximum Gasteiger partial charge on any atom is 0.416 e. The Morgan fingerprint density at radius 3 is 2.89 bits per heavy atom. The Bertz CT molecular complexity index is 476. The molecule has 2 amide bonds. The van der Waals surface area contributed by atoms with Gasteiger partial charge >= 0.3 is 12.1 Å². The quantitative estimate of drug-likeness (QED) is 0.674. The van der Waals surface area contributed by atoms with Gasteiger partial charge in [0.05, 0.1) is 12.7 Å². The molecule has 2 heterocycles. The molecule has 1 aromatic heterocycles. The summed E-state index contributed by atoms with van der Waals surface area (Å²) in [6, 6.07) is 0. The molecule has 0 spiro atoms. The lowest BCUT2D eigenvalue weighted by molar-refractivity contribution is -0.131. The van der Waals surface area contributed by atoms with E-state index in [9.17, 15) is 14.4 Å². The van der Waals surface area contributed by atoms with Crippen molar-refractivity contribution in [1.29, 1.82) is 0 Å². The molecule has 18 heavy (non-hydrogen) atoms. The van der Waals surface area contributed by atoms with Crippen molar-refractivity contribution in [3.8, 4) is 0 Å². The Kier molecular flexibility index (Phi) is 3.46. The van der Waals surface area contributed by atoms with Gasteiger partial charge in [-0.2, -0.15) is 0 Å². The Balaban J connectivity index is 1.86. The van der Waals surface area contributed by atoms with Crippen molar-refractivity contribution in [3.05, 3.63) is 24.3 Å². The molecule has 1 aliphatic rings. The van der Waals surface area contributed by atoms with Crippen LogP contribution >= 0.6 is 0 Å². The number of nitrogens with zero attached hydrogens (tertiary/aromatic N) is 3. The molecular weight excluding hydrogens is 242 g/mol. The second-order valence-corrected chi connectivity index (χ2v) is 3.33. The summed E-state index contributed by atoms with van der Waals surface area (Å²) in [5.41, 5.74) is -0.00528. The summed E-state index contributed by atoms with van der Waals surface area (Å²) >= 11 is 0. The number of carbonyl (C=O) groups excluding carboxylic acids is 3. The number of hydrogen-bond donors (Lipinski definition) is 0. The molecule has 0 unspecified atom stereocenters. The van der Waals surface area contributed by atoms with Crippen molar-refractivity contribution in [1.82, 2.24) is 14.9 Å². The van der Waals surface area contributed by atoms with E-state index in [1.165, 1.54) is 18.6 Å². The second kappa shape index (κ2) is 5.21. The second-order valence-electron chi connectivity index (χ2n) is 3.33. The van der Waals surface area contributed by atoms with Gasteiger partial charge in [0.2, 0.25) is 0 Å². The van der Waals surface area contributed by atoms with E-state index in [0.717, 1.165) is 4.90 Å². The topological polar surface area (TPSA) is 98.7 Å². The minimum absolute atomic E-state index is 0.00528. The van der Waals surface area contributed by atoms with Gasteiger partial charge in [0.25, 0.3) is 5.91 Å². The first-order chi connectivity index (χ1) is 8.68. The standard InChI is InChI=1S/C10H9N3O5/c14-8(13-3-4-17-10(13)16)6-18-9(15)7-5-11-1-2-12-7/h1-2,5H,3-4,6H2. The average Bonchev–Trinajstić information content (AvgIpc) is 2.83. The highest BCUT2D eigenvalue weighted by Gasteiger charge is 2.29. The minimum atomic E-state index is -0.774. The fourth-order valence-electron chi connectivity index (χ4n) is 1.30. The van der Waals surface area contributed by atoms with Crippen molar-refractivity contribution < 1.29 is 23.9 Å². The molecule has 0 aromatic carbocycles. The van der Waals surface area contributed by atoms with E-state index < -0.39 is 24.6 Å². The minimum Gasteiger partial charge on any atom is -0.451 e. The molecule has 0 bridgehead atoms. The SMILES string of the molecule is O=C(OCC(=O)N1CCOC1=O)c1cnccn1. The van der Waals surface area contributed by atoms with Crippen LogP contribution in [0.1, 0.15) is 10.5 Å². The molecule has 1 aliphatic heterocycles. The van der Waals surface area contributed by atoms with Crippen LogP contribution < -0.4 is 0 Å². The molecule has 0 radical (unpaired) electrons. The van der Waals surface area contributed by atoms with Crippen LogP contribution in [0.2, 0.25) is 0 Å². The lowest BCUT2D eigenvalue weighted by atomic mass is 10.4. The zero-order chi connectivity index (χ0) is 13.0. The van der Waals surface area contributed by atoms with E-state index in [4.69, 9.17) is 4.74 Å². The predicted octanol–water partition coefficient (Wildman–Crippen LogP) is -0.388. The molecule has 8 heteroatoms. The van der Waals surface area contributed by atoms with Gasteiger partial charge in [0.15, 0.2) is 12.3 Å². The zero-order valence-corrected chi connectivity index (χ0v) is 9.24. The molecule has 0 saturated carbocycles. The van der Waals surface area contributed by atoms with Crippen molar-refractivity contribution >= 4 is 18.0 Å². The van der Waals surface area contributed by atoms with E-state index >= 15 is 0 Å². The smallest absolute Gasteiger partial charge is 0.416 e. The molecule has 2 rings (SSSR count). The van der Waals surface area contributed by atoms with Crippen molar-refractivity contribution in [2.75, 3.05) is 19.8 Å². The van der Waals surface area contributed by atoms with Gasteiger partial charge in [-0.15, -0.1) is 0 Å². The summed E-state index contributed by atoms with van der Waals surface area (Å²) in [7, 11) is 0. The predicted molar refractivity (Wildman–Crippen MR) is 55.4 cm³/mol. The number of esters is 1. The van der Waals surface area contributed by atoms with Crippen LogP contribution in [0, 0.1) is 0 Å². The van der Waals surface area contributed by atoms with Crippen molar-refractivity contribution in [2.45, 2.75) is 0 Å². The summed E-state index contributed by atoms with van der Waals surface area (Å²) in [6.45, 7) is -0.215.